The summed E-state index contributed by atoms with van der Waals surface area (Å²) < 4.78 is 19.1. The van der Waals surface area contributed by atoms with Gasteiger partial charge < -0.3 is 15.0 Å². The summed E-state index contributed by atoms with van der Waals surface area (Å²) in [6.07, 6.45) is 4.61. The number of nitrogens with zero attached hydrogens (tertiary/aromatic N) is 4. The lowest BCUT2D eigenvalue weighted by Gasteiger charge is -2.23. The van der Waals surface area contributed by atoms with Crippen molar-refractivity contribution in [3.8, 4) is 0 Å². The van der Waals surface area contributed by atoms with Gasteiger partial charge in [-0.05, 0) is 50.5 Å². The van der Waals surface area contributed by atoms with Crippen molar-refractivity contribution in [3.05, 3.63) is 59.3 Å². The Morgan fingerprint density at radius 2 is 2.00 bits per heavy atom. The lowest BCUT2D eigenvalue weighted by atomic mass is 9.96. The molecular weight excluding hydrogens is 409 g/mol. The number of nitrogens with one attached hydrogen (secondary N) is 1. The lowest BCUT2D eigenvalue weighted by molar-refractivity contribution is 0.0845. The van der Waals surface area contributed by atoms with Gasteiger partial charge in [-0.25, -0.2) is 14.4 Å². The van der Waals surface area contributed by atoms with Crippen LogP contribution in [0.3, 0.4) is 0 Å². The van der Waals surface area contributed by atoms with Gasteiger partial charge in [-0.2, -0.15) is 0 Å². The average Bonchev–Trinajstić information content (AvgIpc) is 3.27. The first kappa shape index (κ1) is 20.8. The molecule has 32 heavy (non-hydrogen) atoms. The first-order valence-corrected chi connectivity index (χ1v) is 11.1. The number of anilines is 1. The molecule has 2 fully saturated rings. The molecule has 2 saturated heterocycles. The fraction of sp³-hybridized carbons (Fsp3) is 0.417. The Balaban J connectivity index is 1.29. The summed E-state index contributed by atoms with van der Waals surface area (Å²) in [7, 11) is 0. The minimum Gasteiger partial charge on any atom is -0.381 e. The number of carbonyl (C=O) groups excluding carboxylic acids is 1. The molecule has 7 nitrogen and oxygen atoms in total. The minimum absolute atomic E-state index is 0.0122. The fourth-order valence-electron chi connectivity index (χ4n) is 4.58. The van der Waals surface area contributed by atoms with Crippen molar-refractivity contribution >= 4 is 22.8 Å². The zero-order valence-corrected chi connectivity index (χ0v) is 18.1. The normalized spacial score (nSPS) is 19.4. The third-order valence-electron chi connectivity index (χ3n) is 6.25. The molecule has 2 aliphatic rings. The van der Waals surface area contributed by atoms with Gasteiger partial charge in [0.1, 0.15) is 5.82 Å². The lowest BCUT2D eigenvalue weighted by Crippen LogP contribution is -2.37. The number of fused-ring (bicyclic) bond motifs is 1. The molecule has 2 aliphatic heterocycles. The van der Waals surface area contributed by atoms with Crippen LogP contribution in [-0.4, -0.2) is 53.2 Å². The van der Waals surface area contributed by atoms with Crippen LogP contribution in [0.4, 0.5) is 10.3 Å². The first-order valence-electron chi connectivity index (χ1n) is 11.1. The van der Waals surface area contributed by atoms with Gasteiger partial charge in [0, 0.05) is 67.3 Å². The number of rotatable bonds is 4. The smallest absolute Gasteiger partial charge is 0.252 e. The van der Waals surface area contributed by atoms with Gasteiger partial charge >= 0.3 is 0 Å². The number of carbonyl (C=O) groups is 1. The van der Waals surface area contributed by atoms with E-state index >= 15 is 0 Å². The van der Waals surface area contributed by atoms with Crippen molar-refractivity contribution in [1.82, 2.24) is 20.3 Å². The molecule has 0 radical (unpaired) electrons. The van der Waals surface area contributed by atoms with E-state index in [0.717, 1.165) is 44.7 Å². The zero-order chi connectivity index (χ0) is 22.1. The van der Waals surface area contributed by atoms with Gasteiger partial charge in [0.25, 0.3) is 5.91 Å². The Bertz CT molecular complexity index is 1140. The van der Waals surface area contributed by atoms with E-state index in [2.05, 4.69) is 20.2 Å². The predicted molar refractivity (Wildman–Crippen MR) is 119 cm³/mol. The van der Waals surface area contributed by atoms with Crippen LogP contribution in [0.15, 0.2) is 36.5 Å². The van der Waals surface area contributed by atoms with Gasteiger partial charge in [0.05, 0.1) is 11.1 Å². The summed E-state index contributed by atoms with van der Waals surface area (Å²) in [4.78, 5) is 28.8. The number of benzene rings is 1. The van der Waals surface area contributed by atoms with Gasteiger partial charge in [0.2, 0.25) is 5.95 Å². The van der Waals surface area contributed by atoms with E-state index in [0.29, 0.717) is 40.6 Å². The van der Waals surface area contributed by atoms with E-state index in [1.807, 2.05) is 12.3 Å². The van der Waals surface area contributed by atoms with Crippen LogP contribution in [0.5, 0.6) is 0 Å². The van der Waals surface area contributed by atoms with E-state index in [4.69, 9.17) is 9.72 Å². The van der Waals surface area contributed by atoms with Gasteiger partial charge in [0.15, 0.2) is 0 Å². The molecule has 5 rings (SSSR count). The van der Waals surface area contributed by atoms with E-state index in [9.17, 15) is 9.18 Å². The Kier molecular flexibility index (Phi) is 5.70. The maximum absolute atomic E-state index is 13.6. The van der Waals surface area contributed by atoms with Crippen molar-refractivity contribution in [2.45, 2.75) is 38.1 Å². The van der Waals surface area contributed by atoms with E-state index < -0.39 is 0 Å². The number of aromatic nitrogens is 3. The molecule has 1 amide bonds. The van der Waals surface area contributed by atoms with Crippen molar-refractivity contribution in [2.24, 2.45) is 0 Å². The molecule has 0 aliphatic carbocycles. The monoisotopic (exact) mass is 435 g/mol. The SMILES string of the molecule is Cc1cc(C(=O)NC2CCN(c3nccc(C4CCOCC4)n3)C2)c2ccc(F)cc2n1. The summed E-state index contributed by atoms with van der Waals surface area (Å²) in [5.74, 6) is 0.593. The maximum atomic E-state index is 13.6. The number of hydrogen-bond donors (Lipinski definition) is 1. The number of halogens is 1. The number of amides is 1. The minimum atomic E-state index is -0.364. The highest BCUT2D eigenvalue weighted by Crippen LogP contribution is 2.27. The summed E-state index contributed by atoms with van der Waals surface area (Å²) in [6.45, 7) is 4.79. The Labute approximate surface area is 186 Å². The second-order valence-electron chi connectivity index (χ2n) is 8.55. The third kappa shape index (κ3) is 4.27. The summed E-state index contributed by atoms with van der Waals surface area (Å²) in [5, 5.41) is 3.78. The highest BCUT2D eigenvalue weighted by atomic mass is 19.1. The highest BCUT2D eigenvalue weighted by molar-refractivity contribution is 6.06. The fourth-order valence-corrected chi connectivity index (χ4v) is 4.58. The third-order valence-corrected chi connectivity index (χ3v) is 6.25. The maximum Gasteiger partial charge on any atom is 0.252 e. The molecule has 8 heteroatoms. The Morgan fingerprint density at radius 1 is 1.16 bits per heavy atom. The van der Waals surface area contributed by atoms with Crippen LogP contribution in [0, 0.1) is 12.7 Å². The molecular formula is C24H26FN5O2. The Hall–Kier alpha value is -3.13. The van der Waals surface area contributed by atoms with E-state index in [1.165, 1.54) is 12.1 Å². The quantitative estimate of drug-likeness (QED) is 0.677. The van der Waals surface area contributed by atoms with Crippen molar-refractivity contribution < 1.29 is 13.9 Å². The summed E-state index contributed by atoms with van der Waals surface area (Å²) in [5.41, 5.74) is 2.75. The van der Waals surface area contributed by atoms with E-state index in [1.54, 1.807) is 19.1 Å². The molecule has 1 atom stereocenters. The number of ether oxygens (including phenoxy) is 1. The molecule has 0 bridgehead atoms. The summed E-state index contributed by atoms with van der Waals surface area (Å²) >= 11 is 0. The van der Waals surface area contributed by atoms with Crippen molar-refractivity contribution in [1.29, 1.82) is 0 Å². The number of aryl methyl sites for hydroxylation is 1. The molecule has 1 N–H and O–H groups in total. The standard InChI is InChI=1S/C24H26FN5O2/c1-15-12-20(19-3-2-17(25)13-22(19)27-15)23(31)28-18-5-9-30(14-18)24-26-8-4-21(29-24)16-6-10-32-11-7-16/h2-4,8,12-13,16,18H,5-7,9-11,14H2,1H3,(H,28,31). The van der Waals surface area contributed by atoms with Crippen molar-refractivity contribution in [2.75, 3.05) is 31.2 Å². The van der Waals surface area contributed by atoms with Crippen LogP contribution in [0.25, 0.3) is 10.9 Å². The number of hydrogen-bond acceptors (Lipinski definition) is 6. The molecule has 1 unspecified atom stereocenters. The highest BCUT2D eigenvalue weighted by Gasteiger charge is 2.27. The van der Waals surface area contributed by atoms with Crippen LogP contribution < -0.4 is 10.2 Å². The summed E-state index contributed by atoms with van der Waals surface area (Å²) in [6, 6.07) is 8.07. The van der Waals surface area contributed by atoms with Gasteiger partial charge in [-0.3, -0.25) is 9.78 Å². The zero-order valence-electron chi connectivity index (χ0n) is 18.1. The number of pyridine rings is 1. The van der Waals surface area contributed by atoms with E-state index in [-0.39, 0.29) is 17.8 Å². The van der Waals surface area contributed by atoms with Crippen LogP contribution in [-0.2, 0) is 4.74 Å². The Morgan fingerprint density at radius 3 is 2.84 bits per heavy atom. The van der Waals surface area contributed by atoms with Gasteiger partial charge in [-0.15, -0.1) is 0 Å². The van der Waals surface area contributed by atoms with Crippen LogP contribution in [0.1, 0.15) is 46.9 Å². The molecule has 166 valence electrons. The van der Waals surface area contributed by atoms with Crippen LogP contribution >= 0.6 is 0 Å². The molecule has 0 saturated carbocycles. The average molecular weight is 436 g/mol. The second kappa shape index (κ2) is 8.78. The van der Waals surface area contributed by atoms with Crippen LogP contribution in [0.2, 0.25) is 0 Å². The molecule has 1 aromatic carbocycles. The van der Waals surface area contributed by atoms with Crippen molar-refractivity contribution in [3.63, 3.8) is 0 Å². The second-order valence-corrected chi connectivity index (χ2v) is 8.55. The largest absolute Gasteiger partial charge is 0.381 e. The molecule has 0 spiro atoms. The first-order chi connectivity index (χ1) is 15.6. The molecule has 4 heterocycles. The molecule has 2 aromatic heterocycles. The van der Waals surface area contributed by atoms with Gasteiger partial charge in [-0.1, -0.05) is 0 Å². The predicted octanol–water partition coefficient (Wildman–Crippen LogP) is 3.38. The molecule has 3 aromatic rings. The topological polar surface area (TPSA) is 80.2 Å².